The fourth-order valence-corrected chi connectivity index (χ4v) is 2.26. The maximum Gasteiger partial charge on any atom is 0.229 e. The number of aromatic nitrogens is 2. The summed E-state index contributed by atoms with van der Waals surface area (Å²) in [5.74, 6) is 1.23. The smallest absolute Gasteiger partial charge is 0.229 e. The summed E-state index contributed by atoms with van der Waals surface area (Å²) in [6.45, 7) is 2.47. The Morgan fingerprint density at radius 2 is 2.16 bits per heavy atom. The molecule has 19 heavy (non-hydrogen) atoms. The first-order valence-electron chi connectivity index (χ1n) is 6.22. The molecule has 0 aliphatic carbocycles. The fraction of sp³-hybridized carbons (Fsp3) is 0.385. The molecule has 0 saturated carbocycles. The highest BCUT2D eigenvalue weighted by Crippen LogP contribution is 2.19. The van der Waals surface area contributed by atoms with E-state index in [0.717, 1.165) is 29.7 Å². The SMILES string of the molecule is Brc1ccc(-c2noc(CC3CNCCO3)n2)cc1. The second kappa shape index (κ2) is 5.81. The average molecular weight is 324 g/mol. The van der Waals surface area contributed by atoms with Gasteiger partial charge in [-0.3, -0.25) is 0 Å². The van der Waals surface area contributed by atoms with Crippen molar-refractivity contribution in [2.75, 3.05) is 19.7 Å². The molecule has 1 fully saturated rings. The van der Waals surface area contributed by atoms with Crippen LogP contribution in [0.5, 0.6) is 0 Å². The molecule has 2 aromatic rings. The van der Waals surface area contributed by atoms with Crippen LogP contribution in [0.25, 0.3) is 11.4 Å². The normalized spacial score (nSPS) is 19.5. The second-order valence-corrected chi connectivity index (χ2v) is 5.34. The van der Waals surface area contributed by atoms with Crippen molar-refractivity contribution in [1.29, 1.82) is 0 Å². The Labute approximate surface area is 119 Å². The molecule has 1 unspecified atom stereocenters. The number of nitrogens with one attached hydrogen (secondary N) is 1. The third-order valence-electron chi connectivity index (χ3n) is 2.98. The largest absolute Gasteiger partial charge is 0.375 e. The van der Waals surface area contributed by atoms with Gasteiger partial charge in [0.05, 0.1) is 19.1 Å². The summed E-state index contributed by atoms with van der Waals surface area (Å²) in [6, 6.07) is 7.83. The van der Waals surface area contributed by atoms with Crippen LogP contribution in [0.3, 0.4) is 0 Å². The van der Waals surface area contributed by atoms with Crippen LogP contribution in [0.1, 0.15) is 5.89 Å². The second-order valence-electron chi connectivity index (χ2n) is 4.42. The van der Waals surface area contributed by atoms with E-state index in [4.69, 9.17) is 9.26 Å². The van der Waals surface area contributed by atoms with Crippen LogP contribution in [-0.4, -0.2) is 35.9 Å². The van der Waals surface area contributed by atoms with E-state index in [0.29, 0.717) is 18.1 Å². The van der Waals surface area contributed by atoms with Crippen LogP contribution in [0.15, 0.2) is 33.3 Å². The molecule has 0 radical (unpaired) electrons. The van der Waals surface area contributed by atoms with Gasteiger partial charge in [-0.25, -0.2) is 0 Å². The molecule has 1 aromatic heterocycles. The lowest BCUT2D eigenvalue weighted by Crippen LogP contribution is -2.39. The van der Waals surface area contributed by atoms with Crippen LogP contribution >= 0.6 is 15.9 Å². The number of halogens is 1. The Balaban J connectivity index is 1.70. The minimum Gasteiger partial charge on any atom is -0.375 e. The Bertz CT molecular complexity index is 535. The molecule has 1 aromatic carbocycles. The molecule has 0 bridgehead atoms. The number of morpholine rings is 1. The van der Waals surface area contributed by atoms with Crippen molar-refractivity contribution >= 4 is 15.9 Å². The summed E-state index contributed by atoms with van der Waals surface area (Å²) >= 11 is 3.40. The van der Waals surface area contributed by atoms with E-state index >= 15 is 0 Å². The lowest BCUT2D eigenvalue weighted by atomic mass is 10.2. The molecule has 3 rings (SSSR count). The molecular formula is C13H14BrN3O2. The minimum atomic E-state index is 0.118. The highest BCUT2D eigenvalue weighted by atomic mass is 79.9. The quantitative estimate of drug-likeness (QED) is 0.936. The first kappa shape index (κ1) is 12.8. The summed E-state index contributed by atoms with van der Waals surface area (Å²) in [5, 5.41) is 7.28. The lowest BCUT2D eigenvalue weighted by Gasteiger charge is -2.21. The van der Waals surface area contributed by atoms with E-state index in [2.05, 4.69) is 31.4 Å². The van der Waals surface area contributed by atoms with Gasteiger partial charge in [0.1, 0.15) is 0 Å². The topological polar surface area (TPSA) is 60.2 Å². The first-order chi connectivity index (χ1) is 9.31. The Hall–Kier alpha value is -1.24. The van der Waals surface area contributed by atoms with E-state index in [-0.39, 0.29) is 6.10 Å². The molecule has 100 valence electrons. The molecule has 2 heterocycles. The molecule has 0 spiro atoms. The van der Waals surface area contributed by atoms with E-state index < -0.39 is 0 Å². The Morgan fingerprint density at radius 1 is 1.32 bits per heavy atom. The summed E-state index contributed by atoms with van der Waals surface area (Å²) in [6.07, 6.45) is 0.767. The first-order valence-corrected chi connectivity index (χ1v) is 7.01. The average Bonchev–Trinajstić information content (AvgIpc) is 2.89. The summed E-state index contributed by atoms with van der Waals surface area (Å²) in [7, 11) is 0. The van der Waals surface area contributed by atoms with E-state index in [1.165, 1.54) is 0 Å². The highest BCUT2D eigenvalue weighted by molar-refractivity contribution is 9.10. The zero-order valence-corrected chi connectivity index (χ0v) is 11.9. The van der Waals surface area contributed by atoms with Gasteiger partial charge in [-0.15, -0.1) is 0 Å². The van der Waals surface area contributed by atoms with Gasteiger partial charge in [-0.05, 0) is 24.3 Å². The highest BCUT2D eigenvalue weighted by Gasteiger charge is 2.18. The van der Waals surface area contributed by atoms with Crippen molar-refractivity contribution in [2.24, 2.45) is 0 Å². The Kier molecular flexibility index (Phi) is 3.91. The maximum absolute atomic E-state index is 5.62. The molecule has 0 amide bonds. The lowest BCUT2D eigenvalue weighted by molar-refractivity contribution is 0.0246. The van der Waals surface area contributed by atoms with Crippen molar-refractivity contribution in [3.63, 3.8) is 0 Å². The van der Waals surface area contributed by atoms with E-state index in [1.54, 1.807) is 0 Å². The van der Waals surface area contributed by atoms with Gasteiger partial charge >= 0.3 is 0 Å². The number of hydrogen-bond acceptors (Lipinski definition) is 5. The van der Waals surface area contributed by atoms with Gasteiger partial charge in [0, 0.05) is 23.1 Å². The summed E-state index contributed by atoms with van der Waals surface area (Å²) < 4.78 is 11.9. The van der Waals surface area contributed by atoms with Crippen LogP contribution < -0.4 is 5.32 Å². The van der Waals surface area contributed by atoms with Gasteiger partial charge in [-0.2, -0.15) is 4.98 Å². The molecule has 5 nitrogen and oxygen atoms in total. The van der Waals surface area contributed by atoms with Gasteiger partial charge in [0.2, 0.25) is 11.7 Å². The standard InChI is InChI=1S/C13H14BrN3O2/c14-10-3-1-9(2-4-10)13-16-12(19-17-13)7-11-8-15-5-6-18-11/h1-4,11,15H,5-8H2. The van der Waals surface area contributed by atoms with Gasteiger partial charge in [-0.1, -0.05) is 21.1 Å². The van der Waals surface area contributed by atoms with Gasteiger partial charge in [0.25, 0.3) is 0 Å². The predicted octanol–water partition coefficient (Wildman–Crippen LogP) is 2.03. The van der Waals surface area contributed by atoms with Crippen molar-refractivity contribution in [3.05, 3.63) is 34.6 Å². The van der Waals surface area contributed by atoms with Gasteiger partial charge < -0.3 is 14.6 Å². The van der Waals surface area contributed by atoms with Crippen LogP contribution in [0.2, 0.25) is 0 Å². The molecule has 1 N–H and O–H groups in total. The minimum absolute atomic E-state index is 0.118. The third-order valence-corrected chi connectivity index (χ3v) is 3.51. The molecule has 1 atom stereocenters. The van der Waals surface area contributed by atoms with Crippen LogP contribution in [-0.2, 0) is 11.2 Å². The predicted molar refractivity (Wildman–Crippen MR) is 73.7 cm³/mol. The molecule has 1 aliphatic heterocycles. The maximum atomic E-state index is 5.62. The van der Waals surface area contributed by atoms with E-state index in [1.807, 2.05) is 24.3 Å². The zero-order valence-electron chi connectivity index (χ0n) is 10.3. The number of hydrogen-bond donors (Lipinski definition) is 1. The molecular weight excluding hydrogens is 310 g/mol. The number of nitrogens with zero attached hydrogens (tertiary/aromatic N) is 2. The van der Waals surface area contributed by atoms with Gasteiger partial charge in [0.15, 0.2) is 0 Å². The summed E-state index contributed by atoms with van der Waals surface area (Å²) in [5.41, 5.74) is 0.945. The Morgan fingerprint density at radius 3 is 2.89 bits per heavy atom. The zero-order chi connectivity index (χ0) is 13.1. The van der Waals surface area contributed by atoms with Crippen LogP contribution in [0, 0.1) is 0 Å². The monoisotopic (exact) mass is 323 g/mol. The van der Waals surface area contributed by atoms with Crippen molar-refractivity contribution in [1.82, 2.24) is 15.5 Å². The van der Waals surface area contributed by atoms with Crippen LogP contribution in [0.4, 0.5) is 0 Å². The van der Waals surface area contributed by atoms with Crippen molar-refractivity contribution < 1.29 is 9.26 Å². The molecule has 1 aliphatic rings. The number of rotatable bonds is 3. The third kappa shape index (κ3) is 3.20. The molecule has 6 heteroatoms. The molecule has 1 saturated heterocycles. The fourth-order valence-electron chi connectivity index (χ4n) is 2.00. The van der Waals surface area contributed by atoms with Crippen molar-refractivity contribution in [3.8, 4) is 11.4 Å². The summed E-state index contributed by atoms with van der Waals surface area (Å²) in [4.78, 5) is 4.40. The number of benzene rings is 1. The van der Waals surface area contributed by atoms with E-state index in [9.17, 15) is 0 Å². The number of ether oxygens (including phenoxy) is 1. The van der Waals surface area contributed by atoms with Crippen molar-refractivity contribution in [2.45, 2.75) is 12.5 Å².